The van der Waals surface area contributed by atoms with E-state index in [0.29, 0.717) is 11.7 Å². The third-order valence-electron chi connectivity index (χ3n) is 4.55. The van der Waals surface area contributed by atoms with Crippen LogP contribution in [-0.2, 0) is 4.79 Å². The molecule has 0 N–H and O–H groups in total. The molecule has 1 nitrogen and oxygen atoms in total. The third kappa shape index (κ3) is 2.33. The van der Waals surface area contributed by atoms with Gasteiger partial charge in [0.15, 0.2) is 5.78 Å². The van der Waals surface area contributed by atoms with Crippen LogP contribution in [0.1, 0.15) is 45.4 Å². The maximum absolute atomic E-state index is 12.8. The van der Waals surface area contributed by atoms with E-state index in [1.54, 1.807) is 23.5 Å². The molecule has 0 radical (unpaired) electrons. The van der Waals surface area contributed by atoms with Crippen molar-refractivity contribution in [3.05, 3.63) is 9.81 Å². The largest absolute Gasteiger partial charge is 0.294 e. The molecule has 0 aromatic carbocycles. The standard InChI is InChI=1S/C14H22OS2/c1-14-9-5-4-6-10(14)7-8-11(12(14)15)13(16-2)17-3/h10H,4-9H2,1-3H3/t10-,14+/m1/s1. The average Bonchev–Trinajstić information content (AvgIpc) is 2.34. The number of thioether (sulfide) groups is 2. The molecule has 2 fully saturated rings. The summed E-state index contributed by atoms with van der Waals surface area (Å²) in [5.74, 6) is 1.12. The van der Waals surface area contributed by atoms with Crippen LogP contribution in [0, 0.1) is 11.3 Å². The van der Waals surface area contributed by atoms with Gasteiger partial charge >= 0.3 is 0 Å². The zero-order valence-corrected chi connectivity index (χ0v) is 12.7. The van der Waals surface area contributed by atoms with Crippen molar-refractivity contribution in [2.24, 2.45) is 11.3 Å². The molecule has 2 aliphatic carbocycles. The number of ketones is 1. The normalized spacial score (nSPS) is 33.5. The zero-order valence-electron chi connectivity index (χ0n) is 11.0. The van der Waals surface area contributed by atoms with Gasteiger partial charge in [-0.05, 0) is 44.1 Å². The molecule has 96 valence electrons. The SMILES string of the molecule is CSC(SC)=C1CC[C@H]2CCCC[C@]2(C)C1=O. The Bertz CT molecular complexity index is 342. The lowest BCUT2D eigenvalue weighted by Gasteiger charge is -2.44. The molecule has 2 aliphatic rings. The third-order valence-corrected chi connectivity index (χ3v) is 6.79. The average molecular weight is 270 g/mol. The molecule has 0 aromatic rings. The molecular formula is C14H22OS2. The Morgan fingerprint density at radius 2 is 1.94 bits per heavy atom. The molecule has 2 atom stereocenters. The van der Waals surface area contributed by atoms with Gasteiger partial charge in [0.1, 0.15) is 0 Å². The van der Waals surface area contributed by atoms with Gasteiger partial charge in [0.05, 0.1) is 0 Å². The van der Waals surface area contributed by atoms with E-state index in [1.165, 1.54) is 29.9 Å². The molecule has 0 unspecified atom stereocenters. The molecule has 17 heavy (non-hydrogen) atoms. The molecule has 0 bridgehead atoms. The van der Waals surface area contributed by atoms with E-state index < -0.39 is 0 Å². The summed E-state index contributed by atoms with van der Waals surface area (Å²) in [5, 5.41) is 0. The number of rotatable bonds is 2. The monoisotopic (exact) mass is 270 g/mol. The maximum atomic E-state index is 12.8. The van der Waals surface area contributed by atoms with Gasteiger partial charge in [0, 0.05) is 15.2 Å². The van der Waals surface area contributed by atoms with Crippen molar-refractivity contribution >= 4 is 29.3 Å². The first kappa shape index (κ1) is 13.5. The number of hydrogen-bond donors (Lipinski definition) is 0. The fourth-order valence-corrected chi connectivity index (χ4v) is 5.02. The number of carbonyl (C=O) groups excluding carboxylic acids is 1. The van der Waals surface area contributed by atoms with Crippen molar-refractivity contribution in [3.8, 4) is 0 Å². The molecule has 3 heteroatoms. The van der Waals surface area contributed by atoms with E-state index in [-0.39, 0.29) is 5.41 Å². The zero-order chi connectivity index (χ0) is 12.5. The first-order chi connectivity index (χ1) is 8.13. The number of Topliss-reactive ketones (excluding diaryl/α,β-unsaturated/α-hetero) is 1. The van der Waals surface area contributed by atoms with Crippen LogP contribution in [-0.4, -0.2) is 18.3 Å². The predicted molar refractivity (Wildman–Crippen MR) is 78.4 cm³/mol. The van der Waals surface area contributed by atoms with E-state index in [4.69, 9.17) is 0 Å². The van der Waals surface area contributed by atoms with Crippen LogP contribution >= 0.6 is 23.5 Å². The van der Waals surface area contributed by atoms with Crippen LogP contribution in [0.15, 0.2) is 9.81 Å². The highest BCUT2D eigenvalue weighted by Gasteiger charge is 2.47. The fraction of sp³-hybridized carbons (Fsp3) is 0.786. The highest BCUT2D eigenvalue weighted by molar-refractivity contribution is 8.21. The highest BCUT2D eigenvalue weighted by Crippen LogP contribution is 2.51. The summed E-state index contributed by atoms with van der Waals surface area (Å²) in [6, 6.07) is 0. The minimum Gasteiger partial charge on any atom is -0.294 e. The van der Waals surface area contributed by atoms with Gasteiger partial charge in [-0.15, -0.1) is 23.5 Å². The lowest BCUT2D eigenvalue weighted by atomic mass is 9.59. The number of hydrogen-bond acceptors (Lipinski definition) is 3. The smallest absolute Gasteiger partial charge is 0.166 e. The van der Waals surface area contributed by atoms with Gasteiger partial charge in [0.25, 0.3) is 0 Å². The molecule has 2 saturated carbocycles. The second-order valence-corrected chi connectivity index (χ2v) is 7.29. The molecule has 0 amide bonds. The van der Waals surface area contributed by atoms with E-state index >= 15 is 0 Å². The summed E-state index contributed by atoms with van der Waals surface area (Å²) in [6.45, 7) is 2.22. The second-order valence-electron chi connectivity index (χ2n) is 5.40. The molecule has 0 aliphatic heterocycles. The van der Waals surface area contributed by atoms with Gasteiger partial charge in [-0.25, -0.2) is 0 Å². The van der Waals surface area contributed by atoms with Crippen LogP contribution in [0.2, 0.25) is 0 Å². The van der Waals surface area contributed by atoms with Crippen molar-refractivity contribution in [3.63, 3.8) is 0 Å². The molecule has 0 aromatic heterocycles. The van der Waals surface area contributed by atoms with Crippen molar-refractivity contribution in [1.29, 1.82) is 0 Å². The first-order valence-corrected chi connectivity index (χ1v) is 8.94. The lowest BCUT2D eigenvalue weighted by Crippen LogP contribution is -2.42. The van der Waals surface area contributed by atoms with Crippen molar-refractivity contribution in [1.82, 2.24) is 0 Å². The number of allylic oxidation sites excluding steroid dienone is 1. The quantitative estimate of drug-likeness (QED) is 0.689. The Kier molecular flexibility index (Phi) is 4.30. The Labute approximate surface area is 113 Å². The molecule has 0 saturated heterocycles. The predicted octanol–water partition coefficient (Wildman–Crippen LogP) is 4.48. The summed E-state index contributed by atoms with van der Waals surface area (Å²) in [4.78, 5) is 12.8. The summed E-state index contributed by atoms with van der Waals surface area (Å²) in [5.41, 5.74) is 1.09. The molecule has 0 heterocycles. The van der Waals surface area contributed by atoms with E-state index in [1.807, 2.05) is 0 Å². The first-order valence-electron chi connectivity index (χ1n) is 6.49. The number of fused-ring (bicyclic) bond motifs is 1. The second kappa shape index (κ2) is 5.40. The molecular weight excluding hydrogens is 248 g/mol. The Balaban J connectivity index is 2.32. The van der Waals surface area contributed by atoms with E-state index in [0.717, 1.165) is 18.4 Å². The fourth-order valence-electron chi connectivity index (χ4n) is 3.47. The van der Waals surface area contributed by atoms with Crippen molar-refractivity contribution < 1.29 is 4.79 Å². The maximum Gasteiger partial charge on any atom is 0.166 e. The van der Waals surface area contributed by atoms with Crippen LogP contribution < -0.4 is 0 Å². The van der Waals surface area contributed by atoms with Crippen LogP contribution in [0.3, 0.4) is 0 Å². The Hall–Kier alpha value is 0.110. The topological polar surface area (TPSA) is 17.1 Å². The summed E-state index contributed by atoms with van der Waals surface area (Å²) >= 11 is 3.48. The van der Waals surface area contributed by atoms with E-state index in [9.17, 15) is 4.79 Å². The Morgan fingerprint density at radius 1 is 1.24 bits per heavy atom. The van der Waals surface area contributed by atoms with Crippen molar-refractivity contribution in [2.75, 3.05) is 12.5 Å². The highest BCUT2D eigenvalue weighted by atomic mass is 32.2. The number of carbonyl (C=O) groups is 1. The van der Waals surface area contributed by atoms with Gasteiger partial charge in [-0.2, -0.15) is 0 Å². The molecule has 0 spiro atoms. The van der Waals surface area contributed by atoms with Crippen LogP contribution in [0.5, 0.6) is 0 Å². The van der Waals surface area contributed by atoms with E-state index in [2.05, 4.69) is 19.4 Å². The Morgan fingerprint density at radius 3 is 2.59 bits per heavy atom. The minimum absolute atomic E-state index is 0.0391. The summed E-state index contributed by atoms with van der Waals surface area (Å²) < 4.78 is 1.25. The lowest BCUT2D eigenvalue weighted by molar-refractivity contribution is -0.131. The van der Waals surface area contributed by atoms with Gasteiger partial charge < -0.3 is 0 Å². The van der Waals surface area contributed by atoms with Crippen molar-refractivity contribution in [2.45, 2.75) is 45.4 Å². The molecule has 2 rings (SSSR count). The van der Waals surface area contributed by atoms with Crippen LogP contribution in [0.4, 0.5) is 0 Å². The summed E-state index contributed by atoms with van der Waals surface area (Å²) in [6.07, 6.45) is 11.3. The van der Waals surface area contributed by atoms with Gasteiger partial charge in [-0.3, -0.25) is 4.79 Å². The van der Waals surface area contributed by atoms with Crippen LogP contribution in [0.25, 0.3) is 0 Å². The van der Waals surface area contributed by atoms with Gasteiger partial charge in [-0.1, -0.05) is 19.8 Å². The minimum atomic E-state index is -0.0391. The summed E-state index contributed by atoms with van der Waals surface area (Å²) in [7, 11) is 0. The van der Waals surface area contributed by atoms with Gasteiger partial charge in [0.2, 0.25) is 0 Å².